The first-order valence-corrected chi connectivity index (χ1v) is 6.45. The second-order valence-corrected chi connectivity index (χ2v) is 4.49. The number of hydrogen-bond acceptors (Lipinski definition) is 7. The molecule has 0 spiro atoms. The predicted octanol–water partition coefficient (Wildman–Crippen LogP) is -1.84. The van der Waals surface area contributed by atoms with Crippen molar-refractivity contribution in [2.24, 2.45) is 0 Å². The average molecular weight is 312 g/mol. The number of hydrazine groups is 2. The van der Waals surface area contributed by atoms with Crippen LogP contribution in [0.25, 0.3) is 0 Å². The van der Waals surface area contributed by atoms with Crippen molar-refractivity contribution < 1.29 is 19.5 Å². The number of nitrogens with one attached hydrogen (secondary N) is 4. The van der Waals surface area contributed by atoms with Crippen molar-refractivity contribution in [1.29, 1.82) is 0 Å². The Morgan fingerprint density at radius 3 is 1.95 bits per heavy atom. The molecule has 0 heterocycles. The van der Waals surface area contributed by atoms with E-state index >= 15 is 0 Å². The molecule has 0 aromatic heterocycles. The van der Waals surface area contributed by atoms with Crippen molar-refractivity contribution in [3.05, 3.63) is 20.4 Å². The lowest BCUT2D eigenvalue weighted by Gasteiger charge is -2.10. The summed E-state index contributed by atoms with van der Waals surface area (Å²) >= 11 is 0. The van der Waals surface area contributed by atoms with Crippen molar-refractivity contribution in [3.63, 3.8) is 0 Å². The summed E-state index contributed by atoms with van der Waals surface area (Å²) in [6.07, 6.45) is 1.04. The molecule has 10 heteroatoms. The van der Waals surface area contributed by atoms with Gasteiger partial charge in [-0.1, -0.05) is 0 Å². The van der Waals surface area contributed by atoms with Crippen molar-refractivity contribution in [2.75, 3.05) is 5.43 Å². The Hall–Kier alpha value is -2.91. The van der Waals surface area contributed by atoms with Crippen molar-refractivity contribution in [2.45, 2.75) is 32.6 Å². The number of carbonyl (C=O) groups excluding carboxylic acids is 3. The van der Waals surface area contributed by atoms with Gasteiger partial charge in [-0.15, -0.1) is 0 Å². The van der Waals surface area contributed by atoms with Gasteiger partial charge in [0.2, 0.25) is 17.7 Å². The third-order valence-corrected chi connectivity index (χ3v) is 2.65. The molecule has 3 amide bonds. The summed E-state index contributed by atoms with van der Waals surface area (Å²) < 4.78 is 0. The number of aromatic hydroxyl groups is 1. The second kappa shape index (κ2) is 7.76. The molecule has 0 radical (unpaired) electrons. The topological polar surface area (TPSA) is 154 Å². The van der Waals surface area contributed by atoms with Crippen LogP contribution in [0.4, 0.5) is 5.69 Å². The molecule has 0 bridgehead atoms. The SMILES string of the molecule is CC(=O)NNC(=O)CCCCC(=O)NNc1c(O)c(=O)c1=O. The fourth-order valence-corrected chi connectivity index (χ4v) is 1.48. The van der Waals surface area contributed by atoms with Gasteiger partial charge >= 0.3 is 0 Å². The van der Waals surface area contributed by atoms with Crippen LogP contribution < -0.4 is 32.6 Å². The molecule has 0 saturated carbocycles. The highest BCUT2D eigenvalue weighted by molar-refractivity contribution is 5.81. The van der Waals surface area contributed by atoms with Gasteiger partial charge in [-0.3, -0.25) is 45.7 Å². The number of amides is 3. The van der Waals surface area contributed by atoms with Crippen LogP contribution in [-0.2, 0) is 14.4 Å². The van der Waals surface area contributed by atoms with E-state index in [0.717, 1.165) is 0 Å². The van der Waals surface area contributed by atoms with Gasteiger partial charge in [0.25, 0.3) is 10.9 Å². The third kappa shape index (κ3) is 4.89. The molecule has 5 N–H and O–H groups in total. The first-order valence-electron chi connectivity index (χ1n) is 6.45. The van der Waals surface area contributed by atoms with E-state index in [1.165, 1.54) is 6.92 Å². The molecule has 0 unspecified atom stereocenters. The van der Waals surface area contributed by atoms with Gasteiger partial charge in [0.05, 0.1) is 0 Å². The maximum atomic E-state index is 11.4. The van der Waals surface area contributed by atoms with E-state index in [4.69, 9.17) is 5.11 Å². The molecule has 22 heavy (non-hydrogen) atoms. The number of carbonyl (C=O) groups is 3. The van der Waals surface area contributed by atoms with E-state index in [-0.39, 0.29) is 30.3 Å². The van der Waals surface area contributed by atoms with E-state index < -0.39 is 22.5 Å². The maximum absolute atomic E-state index is 11.4. The smallest absolute Gasteiger partial charge is 0.271 e. The number of rotatable bonds is 7. The summed E-state index contributed by atoms with van der Waals surface area (Å²) in [5, 5.41) is 9.05. The van der Waals surface area contributed by atoms with Crippen molar-refractivity contribution in [3.8, 4) is 5.75 Å². The molecular formula is C12H16N4O6. The summed E-state index contributed by atoms with van der Waals surface area (Å²) in [4.78, 5) is 54.8. The lowest BCUT2D eigenvalue weighted by Crippen LogP contribution is -2.40. The first kappa shape index (κ1) is 17.1. The minimum atomic E-state index is -0.998. The van der Waals surface area contributed by atoms with E-state index in [1.54, 1.807) is 0 Å². The summed E-state index contributed by atoms with van der Waals surface area (Å²) in [5.41, 5.74) is 6.41. The van der Waals surface area contributed by atoms with Gasteiger partial charge < -0.3 is 5.11 Å². The van der Waals surface area contributed by atoms with Crippen molar-refractivity contribution >= 4 is 23.4 Å². The minimum Gasteiger partial charge on any atom is -0.502 e. The van der Waals surface area contributed by atoms with E-state index in [9.17, 15) is 24.0 Å². The van der Waals surface area contributed by atoms with Crippen LogP contribution >= 0.6 is 0 Å². The summed E-state index contributed by atoms with van der Waals surface area (Å²) in [6, 6.07) is 0. The molecule has 0 aliphatic rings. The summed E-state index contributed by atoms with van der Waals surface area (Å²) in [5.74, 6) is -1.93. The van der Waals surface area contributed by atoms with Crippen LogP contribution in [0.3, 0.4) is 0 Å². The molecule has 10 nitrogen and oxygen atoms in total. The third-order valence-electron chi connectivity index (χ3n) is 2.65. The molecular weight excluding hydrogens is 296 g/mol. The molecule has 1 aromatic carbocycles. The van der Waals surface area contributed by atoms with Crippen LogP contribution in [0.15, 0.2) is 9.59 Å². The van der Waals surface area contributed by atoms with Crippen LogP contribution in [0.1, 0.15) is 32.6 Å². The highest BCUT2D eigenvalue weighted by Gasteiger charge is 2.20. The quantitative estimate of drug-likeness (QED) is 0.225. The average Bonchev–Trinajstić information content (AvgIpc) is 2.49. The summed E-state index contributed by atoms with van der Waals surface area (Å²) in [7, 11) is 0. The zero-order valence-corrected chi connectivity index (χ0v) is 11.8. The number of unbranched alkanes of at least 4 members (excludes halogenated alkanes) is 1. The fourth-order valence-electron chi connectivity index (χ4n) is 1.48. The molecule has 120 valence electrons. The minimum absolute atomic E-state index is 0.0800. The molecule has 0 saturated heterocycles. The monoisotopic (exact) mass is 312 g/mol. The normalized spacial score (nSPS) is 10.0. The molecule has 1 rings (SSSR count). The zero-order valence-electron chi connectivity index (χ0n) is 11.8. The Bertz CT molecular complexity index is 646. The molecule has 1 aromatic rings. The van der Waals surface area contributed by atoms with Gasteiger partial charge in [0, 0.05) is 19.8 Å². The highest BCUT2D eigenvalue weighted by atomic mass is 16.3. The molecule has 0 fully saturated rings. The summed E-state index contributed by atoms with van der Waals surface area (Å²) in [6.45, 7) is 1.26. The Morgan fingerprint density at radius 2 is 1.45 bits per heavy atom. The first-order chi connectivity index (χ1) is 10.3. The largest absolute Gasteiger partial charge is 0.502 e. The van der Waals surface area contributed by atoms with Gasteiger partial charge in [-0.25, -0.2) is 0 Å². The van der Waals surface area contributed by atoms with E-state index in [0.29, 0.717) is 12.8 Å². The lowest BCUT2D eigenvalue weighted by molar-refractivity contribution is -0.128. The van der Waals surface area contributed by atoms with Gasteiger partial charge in [-0.2, -0.15) is 0 Å². The van der Waals surface area contributed by atoms with Gasteiger partial charge in [0.1, 0.15) is 0 Å². The van der Waals surface area contributed by atoms with Gasteiger partial charge in [-0.05, 0) is 12.8 Å². The highest BCUT2D eigenvalue weighted by Crippen LogP contribution is 2.12. The van der Waals surface area contributed by atoms with Gasteiger partial charge in [0.15, 0.2) is 11.4 Å². The Morgan fingerprint density at radius 1 is 0.909 bits per heavy atom. The standard InChI is InChI=1S/C12H16N4O6/c1-6(17)13-14-7(18)4-2-3-5-8(19)15-16-9-10(20)12(22)11(9)21/h16,20H,2-5H2,1H3,(H,13,17)(H,14,18)(H,15,19). The Balaban J connectivity index is 2.14. The molecule has 0 aliphatic heterocycles. The lowest BCUT2D eigenvalue weighted by atomic mass is 10.2. The molecule has 0 atom stereocenters. The Kier molecular flexibility index (Phi) is 6.05. The van der Waals surface area contributed by atoms with Crippen molar-refractivity contribution in [1.82, 2.24) is 16.3 Å². The predicted molar refractivity (Wildman–Crippen MR) is 75.2 cm³/mol. The van der Waals surface area contributed by atoms with E-state index in [2.05, 4.69) is 21.7 Å². The van der Waals surface area contributed by atoms with Crippen LogP contribution in [0.2, 0.25) is 0 Å². The maximum Gasteiger partial charge on any atom is 0.271 e. The van der Waals surface area contributed by atoms with Crippen LogP contribution in [-0.4, -0.2) is 22.8 Å². The molecule has 0 aliphatic carbocycles. The number of anilines is 1. The van der Waals surface area contributed by atoms with E-state index in [1.807, 2.05) is 0 Å². The second-order valence-electron chi connectivity index (χ2n) is 4.49. The zero-order chi connectivity index (χ0) is 16.7. The van der Waals surface area contributed by atoms with Crippen LogP contribution in [0.5, 0.6) is 5.75 Å². The fraction of sp³-hybridized carbons (Fsp3) is 0.417. The number of hydrogen-bond donors (Lipinski definition) is 5. The Labute approximate surface area is 124 Å². The van der Waals surface area contributed by atoms with Crippen LogP contribution in [0, 0.1) is 0 Å².